The number of carbonyl (C=O) groups excluding carboxylic acids is 3. The fourth-order valence-corrected chi connectivity index (χ4v) is 11.4. The first-order valence-electron chi connectivity index (χ1n) is 41.0. The van der Waals surface area contributed by atoms with Crippen molar-refractivity contribution >= 4 is 17.9 Å². The van der Waals surface area contributed by atoms with Gasteiger partial charge in [0.2, 0.25) is 0 Å². The minimum atomic E-state index is -1.63. The van der Waals surface area contributed by atoms with Crippen molar-refractivity contribution in [3.63, 3.8) is 0 Å². The summed E-state index contributed by atoms with van der Waals surface area (Å²) in [7, 11) is 5.94. The van der Waals surface area contributed by atoms with Crippen LogP contribution in [0.4, 0.5) is 0 Å². The number of nitrogens with zero attached hydrogens (tertiary/aromatic N) is 1. The molecule has 2 unspecified atom stereocenters. The predicted octanol–water partition coefficient (Wildman–Crippen LogP) is 25.3. The van der Waals surface area contributed by atoms with Crippen LogP contribution in [0.1, 0.15) is 348 Å². The van der Waals surface area contributed by atoms with E-state index in [1.54, 1.807) is 0 Å². The van der Waals surface area contributed by atoms with Crippen LogP contribution in [0.15, 0.2) is 146 Å². The van der Waals surface area contributed by atoms with Crippen molar-refractivity contribution in [1.82, 2.24) is 0 Å². The van der Waals surface area contributed by atoms with Gasteiger partial charge in [-0.25, -0.2) is 0 Å². The molecule has 0 rings (SSSR count). The van der Waals surface area contributed by atoms with Crippen LogP contribution in [-0.2, 0) is 33.3 Å². The lowest BCUT2D eigenvalue weighted by atomic mass is 10.0. The summed E-state index contributed by atoms with van der Waals surface area (Å²) in [5.41, 5.74) is 0. The van der Waals surface area contributed by atoms with Gasteiger partial charge in [0.05, 0.1) is 40.3 Å². The highest BCUT2D eigenvalue weighted by Gasteiger charge is 2.22. The first-order valence-corrected chi connectivity index (χ1v) is 41.0. The van der Waals surface area contributed by atoms with Gasteiger partial charge in [-0.3, -0.25) is 9.59 Å². The van der Waals surface area contributed by atoms with E-state index in [1.165, 1.54) is 205 Å². The maximum Gasteiger partial charge on any atom is 0.306 e. The lowest BCUT2D eigenvalue weighted by Gasteiger charge is -2.26. The molecule has 0 saturated carbocycles. The van der Waals surface area contributed by atoms with Crippen LogP contribution in [0.2, 0.25) is 0 Å². The van der Waals surface area contributed by atoms with E-state index in [0.717, 1.165) is 109 Å². The van der Waals surface area contributed by atoms with Gasteiger partial charge in [0.15, 0.2) is 12.4 Å². The number of allylic oxidation sites excluding steroid dienone is 24. The van der Waals surface area contributed by atoms with Gasteiger partial charge < -0.3 is 33.3 Å². The van der Waals surface area contributed by atoms with Gasteiger partial charge in [0.1, 0.15) is 13.2 Å². The Labute approximate surface area is 611 Å². The largest absolute Gasteiger partial charge is 0.545 e. The smallest absolute Gasteiger partial charge is 0.306 e. The minimum Gasteiger partial charge on any atom is -0.545 e. The second kappa shape index (κ2) is 78.9. The van der Waals surface area contributed by atoms with Gasteiger partial charge in [0.25, 0.3) is 0 Å². The predicted molar refractivity (Wildman–Crippen MR) is 426 cm³/mol. The second-order valence-electron chi connectivity index (χ2n) is 28.3. The summed E-state index contributed by atoms with van der Waals surface area (Å²) in [5, 5.41) is 11.9. The Morgan fingerprint density at radius 2 is 0.576 bits per heavy atom. The van der Waals surface area contributed by atoms with E-state index < -0.39 is 24.3 Å². The lowest BCUT2D eigenvalue weighted by Crippen LogP contribution is -2.44. The molecule has 0 aromatic rings. The summed E-state index contributed by atoms with van der Waals surface area (Å²) >= 11 is 0. The number of hydrogen-bond acceptors (Lipinski definition) is 8. The normalized spacial score (nSPS) is 13.4. The number of quaternary nitrogens is 1. The Kier molecular flexibility index (Phi) is 75.0. The van der Waals surface area contributed by atoms with Gasteiger partial charge in [-0.2, -0.15) is 0 Å². The van der Waals surface area contributed by atoms with Crippen LogP contribution in [0.5, 0.6) is 0 Å². The molecule has 9 nitrogen and oxygen atoms in total. The Balaban J connectivity index is 4.05. The van der Waals surface area contributed by atoms with Gasteiger partial charge in [-0.05, 0) is 122 Å². The van der Waals surface area contributed by atoms with Crippen LogP contribution in [0.25, 0.3) is 0 Å². The fourth-order valence-electron chi connectivity index (χ4n) is 11.4. The van der Waals surface area contributed by atoms with E-state index in [2.05, 4.69) is 160 Å². The van der Waals surface area contributed by atoms with Crippen LogP contribution in [0, 0.1) is 0 Å². The summed E-state index contributed by atoms with van der Waals surface area (Å²) in [6.45, 7) is 4.65. The zero-order valence-electron chi connectivity index (χ0n) is 64.8. The summed E-state index contributed by atoms with van der Waals surface area (Å²) in [4.78, 5) is 37.6. The number of unbranched alkanes of at least 4 members (excludes halogenated alkanes) is 36. The third kappa shape index (κ3) is 80.4. The molecule has 0 saturated heterocycles. The molecule has 99 heavy (non-hydrogen) atoms. The van der Waals surface area contributed by atoms with E-state index in [-0.39, 0.29) is 38.6 Å². The van der Waals surface area contributed by atoms with Crippen LogP contribution < -0.4 is 5.11 Å². The number of ether oxygens (including phenoxy) is 4. The molecule has 0 aliphatic heterocycles. The average Bonchev–Trinajstić information content (AvgIpc) is 2.62. The zero-order chi connectivity index (χ0) is 71.8. The number of rotatable bonds is 75. The highest BCUT2D eigenvalue weighted by molar-refractivity contribution is 5.70. The zero-order valence-corrected chi connectivity index (χ0v) is 64.8. The molecule has 0 aliphatic rings. The van der Waals surface area contributed by atoms with E-state index in [4.69, 9.17) is 18.9 Å². The van der Waals surface area contributed by atoms with Crippen molar-refractivity contribution in [3.05, 3.63) is 146 Å². The molecule has 0 bridgehead atoms. The minimum absolute atomic E-state index is 0.143. The molecule has 2 atom stereocenters. The Bertz CT molecular complexity index is 2150. The van der Waals surface area contributed by atoms with Crippen molar-refractivity contribution in [2.45, 2.75) is 360 Å². The number of carboxylic acid groups (broad SMARTS) is 1. The molecular formula is C90H153NO8. The lowest BCUT2D eigenvalue weighted by molar-refractivity contribution is -0.870. The third-order valence-electron chi connectivity index (χ3n) is 17.6. The Morgan fingerprint density at radius 1 is 0.313 bits per heavy atom. The summed E-state index contributed by atoms with van der Waals surface area (Å²) in [6.07, 6.45) is 112. The molecule has 0 spiro atoms. The van der Waals surface area contributed by atoms with Crippen molar-refractivity contribution in [1.29, 1.82) is 0 Å². The molecule has 0 aromatic heterocycles. The monoisotopic (exact) mass is 1380 g/mol. The van der Waals surface area contributed by atoms with Gasteiger partial charge in [0, 0.05) is 12.8 Å². The number of carboxylic acids is 1. The molecule has 0 aliphatic carbocycles. The number of esters is 2. The van der Waals surface area contributed by atoms with Crippen LogP contribution >= 0.6 is 0 Å². The van der Waals surface area contributed by atoms with Crippen molar-refractivity contribution < 1.29 is 42.9 Å². The molecule has 0 heterocycles. The number of likely N-dealkylation sites (N-methyl/N-ethyl adjacent to an activating group) is 1. The highest BCUT2D eigenvalue weighted by Crippen LogP contribution is 2.18. The van der Waals surface area contributed by atoms with Crippen LogP contribution in [-0.4, -0.2) is 82.3 Å². The third-order valence-corrected chi connectivity index (χ3v) is 17.6. The van der Waals surface area contributed by atoms with Gasteiger partial charge in [-0.15, -0.1) is 0 Å². The topological polar surface area (TPSA) is 111 Å². The summed E-state index contributed by atoms with van der Waals surface area (Å²) in [5.74, 6) is -2.28. The van der Waals surface area contributed by atoms with E-state index in [0.29, 0.717) is 17.4 Å². The molecule has 0 aromatic carbocycles. The van der Waals surface area contributed by atoms with Crippen molar-refractivity contribution in [2.75, 3.05) is 47.5 Å². The van der Waals surface area contributed by atoms with E-state index >= 15 is 0 Å². The maximum atomic E-state index is 13.0. The summed E-state index contributed by atoms with van der Waals surface area (Å²) < 4.78 is 22.9. The number of hydrogen-bond donors (Lipinski definition) is 0. The standard InChI is InChI=1S/C90H153NO8/c1-6-8-10-12-14-16-18-20-22-24-26-28-30-32-34-36-38-40-41-42-43-44-45-46-47-49-51-53-55-57-59-61-63-65-67-69-71-73-75-77-79-81-88(93)99-86(85-98-90(89(94)95)96-83-82-91(3,4)5)84-97-87(92)80-78-76-74-72-70-68-66-64-62-60-58-56-54-52-50-48-39-37-35-33-31-29-27-25-23-21-19-17-15-13-11-9-7-2/h8,10,14,16,19-22,25-28,31-34,38,40,42-43,45-46,49,51,86,90H,6-7,9,11-13,15,17-18,23-24,29-30,35-37,39,41,44,47-48,50,52-85H2,1-5H3/b10-8-,16-14-,21-19-,22-20-,27-25-,28-26-,33-31-,34-32-,40-38-,43-42-,46-45-,51-49-. The van der Waals surface area contributed by atoms with Gasteiger partial charge in [-0.1, -0.05) is 359 Å². The number of aliphatic carboxylic acids is 1. The Hall–Kier alpha value is -4.83. The SMILES string of the molecule is CC/C=C\C/C=C\C/C=C\C/C=C\C/C=C\C/C=C\C/C=C\C/C=C\C/C=C\CCCCCCCCCCCCCCCC(=O)OC(COC(=O)CCCCCCCCCCCCCCCCCCCC/C=C\C/C=C\C/C=C\CCCCCCC)COC(OCC[N+](C)(C)C)C(=O)[O-]. The molecule has 0 N–H and O–H groups in total. The maximum absolute atomic E-state index is 13.0. The average molecular weight is 1380 g/mol. The fraction of sp³-hybridized carbons (Fsp3) is 0.700. The molecule has 566 valence electrons. The first-order chi connectivity index (χ1) is 48.6. The van der Waals surface area contributed by atoms with Crippen LogP contribution in [0.3, 0.4) is 0 Å². The van der Waals surface area contributed by atoms with Crippen molar-refractivity contribution in [2.24, 2.45) is 0 Å². The first kappa shape index (κ1) is 94.2. The second-order valence-corrected chi connectivity index (χ2v) is 28.3. The quantitative estimate of drug-likeness (QED) is 0.0195. The molecule has 0 radical (unpaired) electrons. The van der Waals surface area contributed by atoms with Crippen molar-refractivity contribution in [3.8, 4) is 0 Å². The Morgan fingerprint density at radius 3 is 0.859 bits per heavy atom. The summed E-state index contributed by atoms with van der Waals surface area (Å²) in [6, 6.07) is 0. The number of carbonyl (C=O) groups is 3. The molecular weight excluding hydrogens is 1220 g/mol. The molecule has 0 fully saturated rings. The molecule has 9 heteroatoms. The molecule has 0 amide bonds. The van der Waals surface area contributed by atoms with E-state index in [1.807, 2.05) is 21.1 Å². The highest BCUT2D eigenvalue weighted by atomic mass is 16.7. The van der Waals surface area contributed by atoms with E-state index in [9.17, 15) is 19.5 Å². The van der Waals surface area contributed by atoms with Gasteiger partial charge >= 0.3 is 11.9 Å².